The van der Waals surface area contributed by atoms with E-state index in [1.54, 1.807) is 4.90 Å². The van der Waals surface area contributed by atoms with E-state index in [0.717, 1.165) is 29.2 Å². The van der Waals surface area contributed by atoms with Crippen LogP contribution in [0.2, 0.25) is 5.02 Å². The van der Waals surface area contributed by atoms with Gasteiger partial charge < -0.3 is 9.88 Å². The lowest BCUT2D eigenvalue weighted by atomic mass is 10.1. The number of carbonyl (C=O) groups excluding carboxylic acids is 1. The van der Waals surface area contributed by atoms with E-state index in [1.807, 2.05) is 24.3 Å². The van der Waals surface area contributed by atoms with E-state index in [9.17, 15) is 14.4 Å². The number of nitrogens with one attached hydrogen (secondary N) is 1. The molecular weight excluding hydrogens is 356 g/mol. The summed E-state index contributed by atoms with van der Waals surface area (Å²) >= 11 is 5.90. The van der Waals surface area contributed by atoms with E-state index >= 15 is 0 Å². The number of carbonyl (C=O) groups is 1. The average molecular weight is 377 g/mol. The molecule has 7 nitrogen and oxygen atoms in total. The molecule has 1 saturated heterocycles. The molecule has 1 aromatic heterocycles. The van der Waals surface area contributed by atoms with Crippen LogP contribution in [0.25, 0.3) is 0 Å². The lowest BCUT2D eigenvalue weighted by Crippen LogP contribution is -2.49. The number of piperazine rings is 1. The molecule has 0 atom stereocenters. The molecule has 1 aromatic carbocycles. The van der Waals surface area contributed by atoms with Crippen molar-refractivity contribution in [3.63, 3.8) is 0 Å². The van der Waals surface area contributed by atoms with Crippen LogP contribution in [0.5, 0.6) is 0 Å². The first-order valence-corrected chi connectivity index (χ1v) is 8.84. The van der Waals surface area contributed by atoms with Gasteiger partial charge in [-0.05, 0) is 17.7 Å². The van der Waals surface area contributed by atoms with Gasteiger partial charge in [0.1, 0.15) is 0 Å². The molecule has 0 aliphatic carbocycles. The predicted molar refractivity (Wildman–Crippen MR) is 99.3 cm³/mol. The second kappa shape index (κ2) is 7.88. The van der Waals surface area contributed by atoms with Gasteiger partial charge in [0.15, 0.2) is 0 Å². The predicted octanol–water partition coefficient (Wildman–Crippen LogP) is 0.614. The largest absolute Gasteiger partial charge is 0.340 e. The molecule has 2 heterocycles. The minimum absolute atomic E-state index is 0.000633. The van der Waals surface area contributed by atoms with Crippen LogP contribution in [0.3, 0.4) is 0 Å². The molecule has 0 saturated carbocycles. The van der Waals surface area contributed by atoms with Crippen LogP contribution in [0.1, 0.15) is 11.1 Å². The number of amides is 1. The number of aromatic amines is 1. The van der Waals surface area contributed by atoms with Crippen molar-refractivity contribution >= 4 is 17.5 Å². The van der Waals surface area contributed by atoms with E-state index in [4.69, 9.17) is 11.6 Å². The third-order valence-electron chi connectivity index (χ3n) is 4.64. The first kappa shape index (κ1) is 18.4. The zero-order valence-electron chi connectivity index (χ0n) is 14.6. The molecule has 1 N–H and O–H groups in total. The van der Waals surface area contributed by atoms with E-state index in [2.05, 4.69) is 9.88 Å². The Balaban J connectivity index is 1.55. The molecule has 1 aliphatic rings. The van der Waals surface area contributed by atoms with Crippen LogP contribution in [0.15, 0.2) is 40.1 Å². The molecule has 0 bridgehead atoms. The van der Waals surface area contributed by atoms with Crippen LogP contribution < -0.4 is 11.2 Å². The normalized spacial score (nSPS) is 15.2. The Labute approximate surface area is 155 Å². The Kier molecular flexibility index (Phi) is 5.58. The molecule has 1 amide bonds. The zero-order valence-corrected chi connectivity index (χ0v) is 15.3. The monoisotopic (exact) mass is 376 g/mol. The van der Waals surface area contributed by atoms with Gasteiger partial charge in [0, 0.05) is 56.6 Å². The van der Waals surface area contributed by atoms with Crippen LogP contribution in [-0.4, -0.2) is 51.4 Å². The highest BCUT2D eigenvalue weighted by atomic mass is 35.5. The van der Waals surface area contributed by atoms with Crippen molar-refractivity contribution in [1.82, 2.24) is 19.4 Å². The minimum Gasteiger partial charge on any atom is -0.340 e. The SMILES string of the molecule is Cn1c(=O)[nH]cc(CC(=O)N2CCN(Cc3ccc(Cl)cc3)CC2)c1=O. The Morgan fingerprint density at radius 3 is 2.42 bits per heavy atom. The van der Waals surface area contributed by atoms with Crippen molar-refractivity contribution in [1.29, 1.82) is 0 Å². The number of rotatable bonds is 4. The standard InChI is InChI=1S/C18H21ClN4O3/c1-21-17(25)14(11-20-18(21)26)10-16(24)23-8-6-22(7-9-23)12-13-2-4-15(19)5-3-13/h2-5,11H,6-10,12H2,1H3,(H,20,26). The fraction of sp³-hybridized carbons (Fsp3) is 0.389. The van der Waals surface area contributed by atoms with Gasteiger partial charge in [-0.2, -0.15) is 0 Å². The summed E-state index contributed by atoms with van der Waals surface area (Å²) in [5, 5.41) is 0.720. The lowest BCUT2D eigenvalue weighted by molar-refractivity contribution is -0.132. The average Bonchev–Trinajstić information content (AvgIpc) is 2.64. The number of hydrogen-bond acceptors (Lipinski definition) is 4. The van der Waals surface area contributed by atoms with Gasteiger partial charge in [-0.1, -0.05) is 23.7 Å². The molecule has 1 fully saturated rings. The summed E-state index contributed by atoms with van der Waals surface area (Å²) in [7, 11) is 1.39. The van der Waals surface area contributed by atoms with Gasteiger partial charge in [-0.25, -0.2) is 4.79 Å². The summed E-state index contributed by atoms with van der Waals surface area (Å²) in [5.41, 5.74) is 0.581. The molecule has 0 spiro atoms. The third-order valence-corrected chi connectivity index (χ3v) is 4.89. The van der Waals surface area contributed by atoms with E-state index < -0.39 is 11.2 Å². The smallest absolute Gasteiger partial charge is 0.328 e. The number of nitrogens with zero attached hydrogens (tertiary/aromatic N) is 3. The summed E-state index contributed by atoms with van der Waals surface area (Å²) in [5.74, 6) is -0.0970. The fourth-order valence-electron chi connectivity index (χ4n) is 3.02. The quantitative estimate of drug-likeness (QED) is 0.848. The van der Waals surface area contributed by atoms with Crippen LogP contribution in [-0.2, 0) is 24.8 Å². The Morgan fingerprint density at radius 2 is 1.77 bits per heavy atom. The third kappa shape index (κ3) is 4.23. The highest BCUT2D eigenvalue weighted by molar-refractivity contribution is 6.30. The van der Waals surface area contributed by atoms with Crippen LogP contribution >= 0.6 is 11.6 Å². The summed E-state index contributed by atoms with van der Waals surface area (Å²) in [4.78, 5) is 42.4. The van der Waals surface area contributed by atoms with Crippen molar-refractivity contribution < 1.29 is 4.79 Å². The van der Waals surface area contributed by atoms with Crippen LogP contribution in [0, 0.1) is 0 Å². The molecule has 26 heavy (non-hydrogen) atoms. The van der Waals surface area contributed by atoms with E-state index in [1.165, 1.54) is 18.8 Å². The number of aromatic nitrogens is 2. The summed E-state index contributed by atoms with van der Waals surface area (Å²) < 4.78 is 0.979. The first-order chi connectivity index (χ1) is 12.4. The second-order valence-electron chi connectivity index (χ2n) is 6.44. The van der Waals surface area contributed by atoms with Crippen LogP contribution in [0.4, 0.5) is 0 Å². The summed E-state index contributed by atoms with van der Waals surface area (Å²) in [6.07, 6.45) is 1.33. The Bertz CT molecular complexity index is 896. The molecule has 3 rings (SSSR count). The topological polar surface area (TPSA) is 78.4 Å². The molecule has 138 valence electrons. The van der Waals surface area contributed by atoms with E-state index in [0.29, 0.717) is 18.7 Å². The van der Waals surface area contributed by atoms with Crippen molar-refractivity contribution in [2.24, 2.45) is 7.05 Å². The van der Waals surface area contributed by atoms with E-state index in [-0.39, 0.29) is 12.3 Å². The summed E-state index contributed by atoms with van der Waals surface area (Å²) in [6.45, 7) is 3.61. The summed E-state index contributed by atoms with van der Waals surface area (Å²) in [6, 6.07) is 7.76. The van der Waals surface area contributed by atoms with Gasteiger partial charge in [0.25, 0.3) is 5.56 Å². The fourth-order valence-corrected chi connectivity index (χ4v) is 3.15. The second-order valence-corrected chi connectivity index (χ2v) is 6.88. The van der Waals surface area contributed by atoms with Gasteiger partial charge in [0.05, 0.1) is 6.42 Å². The minimum atomic E-state index is -0.484. The van der Waals surface area contributed by atoms with Crippen molar-refractivity contribution in [3.8, 4) is 0 Å². The molecule has 1 aliphatic heterocycles. The van der Waals surface area contributed by atoms with Gasteiger partial charge in [-0.15, -0.1) is 0 Å². The molecule has 2 aromatic rings. The number of benzene rings is 1. The number of H-pyrrole nitrogens is 1. The first-order valence-electron chi connectivity index (χ1n) is 8.46. The Morgan fingerprint density at radius 1 is 1.12 bits per heavy atom. The maximum absolute atomic E-state index is 12.5. The lowest BCUT2D eigenvalue weighted by Gasteiger charge is -2.34. The maximum Gasteiger partial charge on any atom is 0.328 e. The maximum atomic E-state index is 12.5. The van der Waals surface area contributed by atoms with Crippen molar-refractivity contribution in [3.05, 3.63) is 67.4 Å². The van der Waals surface area contributed by atoms with Crippen molar-refractivity contribution in [2.45, 2.75) is 13.0 Å². The van der Waals surface area contributed by atoms with Gasteiger partial charge in [-0.3, -0.25) is 19.1 Å². The number of halogens is 1. The zero-order chi connectivity index (χ0) is 18.7. The Hall–Kier alpha value is -2.38. The molecule has 8 heteroatoms. The highest BCUT2D eigenvalue weighted by Gasteiger charge is 2.22. The highest BCUT2D eigenvalue weighted by Crippen LogP contribution is 2.13. The van der Waals surface area contributed by atoms with Crippen molar-refractivity contribution in [2.75, 3.05) is 26.2 Å². The van der Waals surface area contributed by atoms with Gasteiger partial charge in [0.2, 0.25) is 5.91 Å². The van der Waals surface area contributed by atoms with Gasteiger partial charge >= 0.3 is 5.69 Å². The molecular formula is C18H21ClN4O3. The molecule has 0 unspecified atom stereocenters. The molecule has 0 radical (unpaired) electrons. The number of hydrogen-bond donors (Lipinski definition) is 1.